The van der Waals surface area contributed by atoms with Crippen LogP contribution in [0.4, 0.5) is 0 Å². The Hall–Kier alpha value is -2.04. The predicted molar refractivity (Wildman–Crippen MR) is 105 cm³/mol. The van der Waals surface area contributed by atoms with E-state index in [1.54, 1.807) is 12.1 Å². The van der Waals surface area contributed by atoms with Crippen molar-refractivity contribution in [3.63, 3.8) is 0 Å². The van der Waals surface area contributed by atoms with Crippen molar-refractivity contribution in [3.8, 4) is 5.75 Å². The van der Waals surface area contributed by atoms with Crippen LogP contribution in [0.5, 0.6) is 5.75 Å². The van der Waals surface area contributed by atoms with Crippen LogP contribution in [0.3, 0.4) is 0 Å². The van der Waals surface area contributed by atoms with Gasteiger partial charge in [0.05, 0.1) is 6.04 Å². The summed E-state index contributed by atoms with van der Waals surface area (Å²) in [6.07, 6.45) is 2.44. The topological polar surface area (TPSA) is 41.6 Å². The molecule has 26 heavy (non-hydrogen) atoms. The molecule has 4 nitrogen and oxygen atoms in total. The number of halogens is 1. The lowest BCUT2D eigenvalue weighted by Gasteiger charge is -2.28. The highest BCUT2D eigenvalue weighted by atomic mass is 35.5. The zero-order valence-corrected chi connectivity index (χ0v) is 15.8. The third kappa shape index (κ3) is 4.99. The van der Waals surface area contributed by atoms with E-state index < -0.39 is 0 Å². The van der Waals surface area contributed by atoms with E-state index in [2.05, 4.69) is 22.3 Å². The molecule has 2 aromatic rings. The number of aryl methyl sites for hydroxylation is 1. The molecule has 0 aliphatic carbocycles. The molecule has 0 radical (unpaired) electrons. The fourth-order valence-electron chi connectivity index (χ4n) is 3.37. The fourth-order valence-corrected chi connectivity index (χ4v) is 3.59. The number of carbonyl (C=O) groups excluding carboxylic acids is 1. The molecule has 138 valence electrons. The molecule has 1 aliphatic rings. The molecule has 0 spiro atoms. The summed E-state index contributed by atoms with van der Waals surface area (Å²) in [5.41, 5.74) is 2.16. The second-order valence-electron chi connectivity index (χ2n) is 6.67. The molecule has 1 heterocycles. The first kappa shape index (κ1) is 18.7. The highest BCUT2D eigenvalue weighted by Crippen LogP contribution is 2.24. The number of carbonyl (C=O) groups is 1. The van der Waals surface area contributed by atoms with Gasteiger partial charge in [0, 0.05) is 11.6 Å². The maximum absolute atomic E-state index is 12.3. The average Bonchev–Trinajstić information content (AvgIpc) is 3.16. The normalized spacial score (nSPS) is 15.6. The number of hydrogen-bond donors (Lipinski definition) is 1. The molecule has 1 saturated heterocycles. The number of likely N-dealkylation sites (tertiary alicyclic amines) is 1. The number of amides is 1. The Morgan fingerprint density at radius 3 is 2.62 bits per heavy atom. The van der Waals surface area contributed by atoms with Gasteiger partial charge in [-0.15, -0.1) is 0 Å². The third-order valence-corrected chi connectivity index (χ3v) is 4.99. The van der Waals surface area contributed by atoms with Crippen molar-refractivity contribution in [2.24, 2.45) is 0 Å². The van der Waals surface area contributed by atoms with Crippen molar-refractivity contribution < 1.29 is 9.53 Å². The van der Waals surface area contributed by atoms with Crippen molar-refractivity contribution in [2.45, 2.75) is 25.8 Å². The minimum absolute atomic E-state index is 0.00395. The molecule has 1 aliphatic heterocycles. The number of benzene rings is 2. The summed E-state index contributed by atoms with van der Waals surface area (Å²) in [4.78, 5) is 14.7. The molecular weight excluding hydrogens is 348 g/mol. The summed E-state index contributed by atoms with van der Waals surface area (Å²) in [7, 11) is 0. The molecule has 1 fully saturated rings. The van der Waals surface area contributed by atoms with E-state index in [9.17, 15) is 4.79 Å². The lowest BCUT2D eigenvalue weighted by molar-refractivity contribution is -0.123. The highest BCUT2D eigenvalue weighted by molar-refractivity contribution is 6.30. The largest absolute Gasteiger partial charge is 0.484 e. The first-order valence-electron chi connectivity index (χ1n) is 9.08. The minimum Gasteiger partial charge on any atom is -0.484 e. The van der Waals surface area contributed by atoms with E-state index in [-0.39, 0.29) is 18.6 Å². The molecule has 0 aromatic heterocycles. The molecule has 3 rings (SSSR count). The van der Waals surface area contributed by atoms with Crippen LogP contribution in [-0.2, 0) is 4.79 Å². The smallest absolute Gasteiger partial charge is 0.258 e. The van der Waals surface area contributed by atoms with Crippen LogP contribution >= 0.6 is 11.6 Å². The summed E-state index contributed by atoms with van der Waals surface area (Å²) in [6, 6.07) is 16.0. The molecule has 2 aromatic carbocycles. The summed E-state index contributed by atoms with van der Waals surface area (Å²) < 4.78 is 5.63. The van der Waals surface area contributed by atoms with Crippen LogP contribution in [0.25, 0.3) is 0 Å². The van der Waals surface area contributed by atoms with E-state index in [0.29, 0.717) is 17.3 Å². The lowest BCUT2D eigenvalue weighted by Crippen LogP contribution is -2.38. The second kappa shape index (κ2) is 9.06. The van der Waals surface area contributed by atoms with Gasteiger partial charge in [0.2, 0.25) is 0 Å². The summed E-state index contributed by atoms with van der Waals surface area (Å²) in [6.45, 7) is 4.67. The monoisotopic (exact) mass is 372 g/mol. The Kier molecular flexibility index (Phi) is 6.53. The Morgan fingerprint density at radius 1 is 1.19 bits per heavy atom. The van der Waals surface area contributed by atoms with Gasteiger partial charge in [0.1, 0.15) is 5.75 Å². The highest BCUT2D eigenvalue weighted by Gasteiger charge is 2.23. The van der Waals surface area contributed by atoms with Crippen LogP contribution in [0.2, 0.25) is 5.02 Å². The van der Waals surface area contributed by atoms with Gasteiger partial charge in [0.25, 0.3) is 5.91 Å². The second-order valence-corrected chi connectivity index (χ2v) is 7.11. The SMILES string of the molecule is Cc1cc(Cl)ccc1OCC(=O)NC[C@@H](c1ccccc1)N1CCCC1. The minimum atomic E-state index is -0.112. The number of nitrogens with zero attached hydrogens (tertiary/aromatic N) is 1. The first-order valence-corrected chi connectivity index (χ1v) is 9.46. The lowest BCUT2D eigenvalue weighted by atomic mass is 10.1. The number of nitrogens with one attached hydrogen (secondary N) is 1. The zero-order valence-electron chi connectivity index (χ0n) is 15.1. The Balaban J connectivity index is 1.55. The fraction of sp³-hybridized carbons (Fsp3) is 0.381. The molecular formula is C21H25ClN2O2. The van der Waals surface area contributed by atoms with E-state index in [4.69, 9.17) is 16.3 Å². The van der Waals surface area contributed by atoms with Gasteiger partial charge >= 0.3 is 0 Å². The van der Waals surface area contributed by atoms with Crippen LogP contribution in [0.15, 0.2) is 48.5 Å². The predicted octanol–water partition coefficient (Wildman–Crippen LogP) is 3.98. The van der Waals surface area contributed by atoms with Gasteiger partial charge in [-0.1, -0.05) is 41.9 Å². The van der Waals surface area contributed by atoms with Crippen molar-refractivity contribution >= 4 is 17.5 Å². The van der Waals surface area contributed by atoms with Crippen molar-refractivity contribution in [2.75, 3.05) is 26.2 Å². The molecule has 0 bridgehead atoms. The molecule has 0 saturated carbocycles. The van der Waals surface area contributed by atoms with E-state index in [0.717, 1.165) is 18.7 Å². The maximum Gasteiger partial charge on any atom is 0.258 e. The Labute approximate surface area is 160 Å². The molecule has 1 amide bonds. The van der Waals surface area contributed by atoms with Crippen LogP contribution < -0.4 is 10.1 Å². The van der Waals surface area contributed by atoms with Crippen molar-refractivity contribution in [3.05, 3.63) is 64.7 Å². The molecule has 0 unspecified atom stereocenters. The number of hydrogen-bond acceptors (Lipinski definition) is 3. The van der Waals surface area contributed by atoms with Gasteiger partial charge in [-0.25, -0.2) is 0 Å². The standard InChI is InChI=1S/C21H25ClN2O2/c1-16-13-18(22)9-10-20(16)26-15-21(25)23-14-19(24-11-5-6-12-24)17-7-3-2-4-8-17/h2-4,7-10,13,19H,5-6,11-12,14-15H2,1H3,(H,23,25)/t19-/m0/s1. The summed E-state index contributed by atoms with van der Waals surface area (Å²) in [5.74, 6) is 0.572. The summed E-state index contributed by atoms with van der Waals surface area (Å²) in [5, 5.41) is 3.69. The van der Waals surface area contributed by atoms with E-state index in [1.165, 1.54) is 18.4 Å². The molecule has 1 N–H and O–H groups in total. The van der Waals surface area contributed by atoms with Gasteiger partial charge in [-0.05, 0) is 62.2 Å². The van der Waals surface area contributed by atoms with Gasteiger partial charge in [-0.2, -0.15) is 0 Å². The number of rotatable bonds is 7. The zero-order chi connectivity index (χ0) is 18.4. The Bertz CT molecular complexity index is 730. The summed E-state index contributed by atoms with van der Waals surface area (Å²) >= 11 is 5.95. The first-order chi connectivity index (χ1) is 12.6. The molecule has 1 atom stereocenters. The third-order valence-electron chi connectivity index (χ3n) is 4.75. The van der Waals surface area contributed by atoms with Crippen LogP contribution in [0, 0.1) is 6.92 Å². The Morgan fingerprint density at radius 2 is 1.92 bits per heavy atom. The van der Waals surface area contributed by atoms with Gasteiger partial charge in [0.15, 0.2) is 6.61 Å². The van der Waals surface area contributed by atoms with E-state index in [1.807, 2.05) is 31.2 Å². The van der Waals surface area contributed by atoms with Crippen molar-refractivity contribution in [1.29, 1.82) is 0 Å². The van der Waals surface area contributed by atoms with Crippen LogP contribution in [0.1, 0.15) is 30.0 Å². The van der Waals surface area contributed by atoms with Gasteiger partial charge < -0.3 is 10.1 Å². The number of ether oxygens (including phenoxy) is 1. The van der Waals surface area contributed by atoms with Crippen LogP contribution in [-0.4, -0.2) is 37.0 Å². The quantitative estimate of drug-likeness (QED) is 0.799. The van der Waals surface area contributed by atoms with Crippen molar-refractivity contribution in [1.82, 2.24) is 10.2 Å². The molecule has 5 heteroatoms. The van der Waals surface area contributed by atoms with E-state index >= 15 is 0 Å². The maximum atomic E-state index is 12.3. The van der Waals surface area contributed by atoms with Gasteiger partial charge in [-0.3, -0.25) is 9.69 Å². The average molecular weight is 373 g/mol.